The van der Waals surface area contributed by atoms with Crippen molar-refractivity contribution in [3.05, 3.63) is 45.7 Å². The van der Waals surface area contributed by atoms with E-state index in [0.29, 0.717) is 10.0 Å². The van der Waals surface area contributed by atoms with Crippen LogP contribution in [0.25, 0.3) is 0 Å². The van der Waals surface area contributed by atoms with Crippen LogP contribution < -0.4 is 0 Å². The lowest BCUT2D eigenvalue weighted by molar-refractivity contribution is 0.212. The molecule has 1 aromatic rings. The fourth-order valence-electron chi connectivity index (χ4n) is 1.84. The van der Waals surface area contributed by atoms with Crippen molar-refractivity contribution in [1.29, 1.82) is 0 Å². The maximum Gasteiger partial charge on any atom is 0.137 e. The molecule has 0 saturated carbocycles. The molecule has 80 valence electrons. The van der Waals surface area contributed by atoms with Gasteiger partial charge < -0.3 is 5.11 Å². The Morgan fingerprint density at radius 3 is 2.80 bits per heavy atom. The Kier molecular flexibility index (Phi) is 3.22. The Morgan fingerprint density at radius 2 is 2.20 bits per heavy atom. The van der Waals surface area contributed by atoms with Crippen LogP contribution in [0.3, 0.4) is 0 Å². The molecule has 0 fully saturated rings. The second kappa shape index (κ2) is 4.45. The number of rotatable bonds is 2. The average Bonchev–Trinajstić information content (AvgIpc) is 2.74. The third-order valence-electron chi connectivity index (χ3n) is 2.69. The summed E-state index contributed by atoms with van der Waals surface area (Å²) in [5.41, 5.74) is 1.64. The molecule has 1 aliphatic rings. The van der Waals surface area contributed by atoms with Crippen molar-refractivity contribution in [3.63, 3.8) is 0 Å². The van der Waals surface area contributed by atoms with E-state index in [4.69, 9.17) is 0 Å². The van der Waals surface area contributed by atoms with Gasteiger partial charge in [-0.05, 0) is 58.5 Å². The molecule has 0 saturated heterocycles. The molecule has 0 amide bonds. The van der Waals surface area contributed by atoms with Gasteiger partial charge in [0.25, 0.3) is 0 Å². The highest BCUT2D eigenvalue weighted by molar-refractivity contribution is 9.10. The molecule has 3 heteroatoms. The van der Waals surface area contributed by atoms with Crippen LogP contribution in [0, 0.1) is 5.82 Å². The molecule has 2 rings (SSSR count). The lowest BCUT2D eigenvalue weighted by atomic mass is 10.0. The average molecular weight is 271 g/mol. The molecule has 1 N–H and O–H groups in total. The summed E-state index contributed by atoms with van der Waals surface area (Å²) in [6, 6.07) is 4.76. The number of halogens is 2. The standard InChI is InChI=1S/C12H12BrFO/c13-10-6-5-9(7-11(10)14)12(15)8-3-1-2-4-8/h3,5-7,12,15H,1-2,4H2. The Morgan fingerprint density at radius 1 is 1.40 bits per heavy atom. The molecule has 0 aromatic heterocycles. The number of hydrogen-bond donors (Lipinski definition) is 1. The molecule has 1 atom stereocenters. The monoisotopic (exact) mass is 270 g/mol. The van der Waals surface area contributed by atoms with Gasteiger partial charge in [-0.15, -0.1) is 0 Å². The Labute approximate surface area is 96.8 Å². The smallest absolute Gasteiger partial charge is 0.137 e. The van der Waals surface area contributed by atoms with Gasteiger partial charge in [0.15, 0.2) is 0 Å². The van der Waals surface area contributed by atoms with Crippen LogP contribution in [-0.2, 0) is 0 Å². The van der Waals surface area contributed by atoms with Gasteiger partial charge >= 0.3 is 0 Å². The fourth-order valence-corrected chi connectivity index (χ4v) is 2.09. The lowest BCUT2D eigenvalue weighted by Crippen LogP contribution is -2.00. The van der Waals surface area contributed by atoms with Gasteiger partial charge in [-0.3, -0.25) is 0 Å². The first-order valence-electron chi connectivity index (χ1n) is 5.00. The van der Waals surface area contributed by atoms with Gasteiger partial charge in [0.1, 0.15) is 11.9 Å². The number of aliphatic hydroxyl groups excluding tert-OH is 1. The van der Waals surface area contributed by atoms with Crippen LogP contribution in [0.5, 0.6) is 0 Å². The number of allylic oxidation sites excluding steroid dienone is 1. The van der Waals surface area contributed by atoms with Crippen LogP contribution in [0.1, 0.15) is 30.9 Å². The van der Waals surface area contributed by atoms with Gasteiger partial charge in [0, 0.05) is 0 Å². The summed E-state index contributed by atoms with van der Waals surface area (Å²) in [6.45, 7) is 0. The number of benzene rings is 1. The third-order valence-corrected chi connectivity index (χ3v) is 3.33. The van der Waals surface area contributed by atoms with Crippen LogP contribution in [0.15, 0.2) is 34.3 Å². The molecular formula is C12H12BrFO. The highest BCUT2D eigenvalue weighted by Gasteiger charge is 2.17. The van der Waals surface area contributed by atoms with E-state index in [2.05, 4.69) is 15.9 Å². The van der Waals surface area contributed by atoms with E-state index in [1.54, 1.807) is 12.1 Å². The molecule has 0 bridgehead atoms. The minimum atomic E-state index is -0.643. The summed E-state index contributed by atoms with van der Waals surface area (Å²) >= 11 is 3.09. The van der Waals surface area contributed by atoms with Crippen molar-refractivity contribution < 1.29 is 9.50 Å². The predicted molar refractivity (Wildman–Crippen MR) is 61.0 cm³/mol. The number of hydrogen-bond acceptors (Lipinski definition) is 1. The van der Waals surface area contributed by atoms with E-state index in [1.165, 1.54) is 6.07 Å². The zero-order valence-electron chi connectivity index (χ0n) is 8.21. The van der Waals surface area contributed by atoms with Gasteiger partial charge in [0.2, 0.25) is 0 Å². The van der Waals surface area contributed by atoms with Crippen molar-refractivity contribution in [3.8, 4) is 0 Å². The zero-order chi connectivity index (χ0) is 10.8. The Hall–Kier alpha value is -0.670. The minimum Gasteiger partial charge on any atom is -0.384 e. The third kappa shape index (κ3) is 2.29. The molecule has 0 spiro atoms. The molecule has 1 aliphatic carbocycles. The van der Waals surface area contributed by atoms with E-state index >= 15 is 0 Å². The van der Waals surface area contributed by atoms with Crippen LogP contribution in [0.4, 0.5) is 4.39 Å². The Bertz CT molecular complexity index is 401. The SMILES string of the molecule is OC(C1=CCCC1)c1ccc(Br)c(F)c1. The summed E-state index contributed by atoms with van der Waals surface area (Å²) in [5.74, 6) is -0.329. The second-order valence-corrected chi connectivity index (χ2v) is 4.60. The first-order chi connectivity index (χ1) is 7.18. The molecule has 0 aliphatic heterocycles. The van der Waals surface area contributed by atoms with E-state index in [9.17, 15) is 9.50 Å². The largest absolute Gasteiger partial charge is 0.384 e. The molecule has 1 nitrogen and oxygen atoms in total. The van der Waals surface area contributed by atoms with Crippen molar-refractivity contribution >= 4 is 15.9 Å². The number of aliphatic hydroxyl groups is 1. The molecule has 15 heavy (non-hydrogen) atoms. The Balaban J connectivity index is 2.25. The van der Waals surface area contributed by atoms with Crippen LogP contribution in [0.2, 0.25) is 0 Å². The molecule has 1 aromatic carbocycles. The highest BCUT2D eigenvalue weighted by Crippen LogP contribution is 2.31. The summed E-state index contributed by atoms with van der Waals surface area (Å²) in [6.07, 6.45) is 4.43. The molecule has 1 unspecified atom stereocenters. The van der Waals surface area contributed by atoms with Crippen LogP contribution >= 0.6 is 15.9 Å². The first kappa shape index (κ1) is 10.8. The highest BCUT2D eigenvalue weighted by atomic mass is 79.9. The van der Waals surface area contributed by atoms with E-state index < -0.39 is 6.10 Å². The molecular weight excluding hydrogens is 259 g/mol. The maximum atomic E-state index is 13.2. The summed E-state index contributed by atoms with van der Waals surface area (Å²) in [5, 5.41) is 9.99. The fraction of sp³-hybridized carbons (Fsp3) is 0.333. The second-order valence-electron chi connectivity index (χ2n) is 3.75. The summed E-state index contributed by atoms with van der Waals surface area (Å²) < 4.78 is 13.7. The van der Waals surface area contributed by atoms with Gasteiger partial charge in [0.05, 0.1) is 4.47 Å². The maximum absolute atomic E-state index is 13.2. The van der Waals surface area contributed by atoms with Gasteiger partial charge in [-0.1, -0.05) is 12.1 Å². The summed E-state index contributed by atoms with van der Waals surface area (Å²) in [4.78, 5) is 0. The van der Waals surface area contributed by atoms with E-state index in [1.807, 2.05) is 6.08 Å². The van der Waals surface area contributed by atoms with Crippen LogP contribution in [-0.4, -0.2) is 5.11 Å². The van der Waals surface area contributed by atoms with E-state index in [0.717, 1.165) is 24.8 Å². The van der Waals surface area contributed by atoms with Gasteiger partial charge in [-0.2, -0.15) is 0 Å². The molecule has 0 radical (unpaired) electrons. The lowest BCUT2D eigenvalue weighted by Gasteiger charge is -2.12. The topological polar surface area (TPSA) is 20.2 Å². The minimum absolute atomic E-state index is 0.329. The van der Waals surface area contributed by atoms with Crippen molar-refractivity contribution in [2.75, 3.05) is 0 Å². The summed E-state index contributed by atoms with van der Waals surface area (Å²) in [7, 11) is 0. The molecule has 0 heterocycles. The van der Waals surface area contributed by atoms with Crippen molar-refractivity contribution in [2.45, 2.75) is 25.4 Å². The normalized spacial score (nSPS) is 17.7. The first-order valence-corrected chi connectivity index (χ1v) is 5.80. The van der Waals surface area contributed by atoms with Gasteiger partial charge in [-0.25, -0.2) is 4.39 Å². The quantitative estimate of drug-likeness (QED) is 0.812. The van der Waals surface area contributed by atoms with Crippen molar-refractivity contribution in [2.24, 2.45) is 0 Å². The van der Waals surface area contributed by atoms with Crippen molar-refractivity contribution in [1.82, 2.24) is 0 Å². The zero-order valence-corrected chi connectivity index (χ0v) is 9.80. The predicted octanol–water partition coefficient (Wildman–Crippen LogP) is 3.73. The van der Waals surface area contributed by atoms with E-state index in [-0.39, 0.29) is 5.82 Å².